The first kappa shape index (κ1) is 17.0. The molecule has 0 aliphatic carbocycles. The fourth-order valence-electron chi connectivity index (χ4n) is 2.09. The number of benzene rings is 1. The van der Waals surface area contributed by atoms with E-state index in [0.29, 0.717) is 5.92 Å². The molecule has 0 radical (unpaired) electrons. The smallest absolute Gasteiger partial charge is 0.119 e. The highest BCUT2D eigenvalue weighted by Crippen LogP contribution is 2.21. The van der Waals surface area contributed by atoms with Crippen LogP contribution < -0.4 is 10.1 Å². The lowest BCUT2D eigenvalue weighted by atomic mass is 10.0. The third-order valence-electron chi connectivity index (χ3n) is 3.30. The minimum atomic E-state index is 0.204. The second-order valence-electron chi connectivity index (χ2n) is 6.97. The van der Waals surface area contributed by atoms with E-state index in [2.05, 4.69) is 71.1 Å². The van der Waals surface area contributed by atoms with Gasteiger partial charge in [0.15, 0.2) is 0 Å². The summed E-state index contributed by atoms with van der Waals surface area (Å²) in [5, 5.41) is 3.51. The van der Waals surface area contributed by atoms with Crippen LogP contribution in [0.15, 0.2) is 24.3 Å². The molecule has 0 amide bonds. The van der Waals surface area contributed by atoms with E-state index in [0.717, 1.165) is 25.1 Å². The van der Waals surface area contributed by atoms with Crippen molar-refractivity contribution in [2.45, 2.75) is 71.9 Å². The molecule has 0 saturated carbocycles. The minimum Gasteiger partial charge on any atom is -0.491 e. The molecule has 0 aromatic heterocycles. The summed E-state index contributed by atoms with van der Waals surface area (Å²) < 4.78 is 6.01. The van der Waals surface area contributed by atoms with E-state index in [1.54, 1.807) is 0 Å². The molecule has 1 N–H and O–H groups in total. The molecule has 114 valence electrons. The Morgan fingerprint density at radius 2 is 1.85 bits per heavy atom. The first-order chi connectivity index (χ1) is 9.28. The molecule has 0 aliphatic rings. The molecule has 0 saturated heterocycles. The zero-order valence-corrected chi connectivity index (χ0v) is 14.0. The van der Waals surface area contributed by atoms with Gasteiger partial charge in [0.2, 0.25) is 0 Å². The van der Waals surface area contributed by atoms with Gasteiger partial charge >= 0.3 is 0 Å². The van der Waals surface area contributed by atoms with Crippen LogP contribution in [0.1, 0.15) is 65.9 Å². The molecule has 0 bridgehead atoms. The van der Waals surface area contributed by atoms with Crippen LogP contribution in [0.5, 0.6) is 5.75 Å². The van der Waals surface area contributed by atoms with Gasteiger partial charge in [-0.1, -0.05) is 26.0 Å². The largest absolute Gasteiger partial charge is 0.491 e. The van der Waals surface area contributed by atoms with Crippen molar-refractivity contribution in [3.05, 3.63) is 29.8 Å². The summed E-state index contributed by atoms with van der Waals surface area (Å²) in [6.45, 7) is 14.2. The van der Waals surface area contributed by atoms with Crippen molar-refractivity contribution in [2.75, 3.05) is 6.54 Å². The van der Waals surface area contributed by atoms with Gasteiger partial charge < -0.3 is 10.1 Å². The number of ether oxygens (including phenoxy) is 1. The second kappa shape index (κ2) is 7.68. The van der Waals surface area contributed by atoms with Gasteiger partial charge in [0, 0.05) is 5.54 Å². The zero-order chi connectivity index (χ0) is 15.2. The van der Waals surface area contributed by atoms with Gasteiger partial charge in [0.25, 0.3) is 0 Å². The normalized spacial score (nSPS) is 13.6. The average Bonchev–Trinajstić information content (AvgIpc) is 2.34. The zero-order valence-electron chi connectivity index (χ0n) is 14.0. The molecule has 0 aliphatic heterocycles. The molecule has 1 aromatic rings. The summed E-state index contributed by atoms with van der Waals surface area (Å²) >= 11 is 0. The number of nitrogens with one attached hydrogen (secondary N) is 1. The molecular weight excluding hydrogens is 246 g/mol. The standard InChI is InChI=1S/C18H31NO/c1-14(2)16-10-7-11-17(13-16)20-15(3)9-8-12-19-18(4,5)6/h7,10-11,13-15,19H,8-9,12H2,1-6H3. The summed E-state index contributed by atoms with van der Waals surface area (Å²) in [5.74, 6) is 1.54. The van der Waals surface area contributed by atoms with Gasteiger partial charge in [0.1, 0.15) is 5.75 Å². The van der Waals surface area contributed by atoms with Crippen molar-refractivity contribution >= 4 is 0 Å². The lowest BCUT2D eigenvalue weighted by Crippen LogP contribution is -2.36. The predicted molar refractivity (Wildman–Crippen MR) is 87.6 cm³/mol. The summed E-state index contributed by atoms with van der Waals surface area (Å²) in [6, 6.07) is 8.46. The highest BCUT2D eigenvalue weighted by Gasteiger charge is 2.09. The molecular formula is C18H31NO. The van der Waals surface area contributed by atoms with Crippen molar-refractivity contribution in [1.82, 2.24) is 5.32 Å². The fraction of sp³-hybridized carbons (Fsp3) is 0.667. The lowest BCUT2D eigenvalue weighted by molar-refractivity contribution is 0.205. The van der Waals surface area contributed by atoms with Crippen molar-refractivity contribution in [3.63, 3.8) is 0 Å². The molecule has 1 atom stereocenters. The van der Waals surface area contributed by atoms with E-state index < -0.39 is 0 Å². The van der Waals surface area contributed by atoms with Crippen LogP contribution >= 0.6 is 0 Å². The van der Waals surface area contributed by atoms with Crippen molar-refractivity contribution < 1.29 is 4.74 Å². The average molecular weight is 277 g/mol. The van der Waals surface area contributed by atoms with Crippen molar-refractivity contribution in [3.8, 4) is 5.75 Å². The van der Waals surface area contributed by atoms with Gasteiger partial charge in [-0.2, -0.15) is 0 Å². The number of hydrogen-bond acceptors (Lipinski definition) is 2. The summed E-state index contributed by atoms with van der Waals surface area (Å²) in [4.78, 5) is 0. The van der Waals surface area contributed by atoms with E-state index in [1.807, 2.05) is 0 Å². The Morgan fingerprint density at radius 1 is 1.15 bits per heavy atom. The Balaban J connectivity index is 2.35. The van der Waals surface area contributed by atoms with Crippen LogP contribution in [0.25, 0.3) is 0 Å². The maximum absolute atomic E-state index is 6.01. The maximum Gasteiger partial charge on any atom is 0.119 e. The van der Waals surface area contributed by atoms with Crippen LogP contribution in [0.4, 0.5) is 0 Å². The molecule has 0 heterocycles. The van der Waals surface area contributed by atoms with E-state index in [4.69, 9.17) is 4.74 Å². The van der Waals surface area contributed by atoms with Crippen LogP contribution in [0, 0.1) is 0 Å². The van der Waals surface area contributed by atoms with Crippen LogP contribution in [-0.4, -0.2) is 18.2 Å². The molecule has 1 unspecified atom stereocenters. The van der Waals surface area contributed by atoms with E-state index in [1.165, 1.54) is 5.56 Å². The Morgan fingerprint density at radius 3 is 2.45 bits per heavy atom. The van der Waals surface area contributed by atoms with Crippen LogP contribution in [-0.2, 0) is 0 Å². The van der Waals surface area contributed by atoms with Crippen LogP contribution in [0.3, 0.4) is 0 Å². The molecule has 1 rings (SSSR count). The number of hydrogen-bond donors (Lipinski definition) is 1. The Labute approximate surface area is 124 Å². The summed E-state index contributed by atoms with van der Waals surface area (Å²) in [5.41, 5.74) is 1.54. The highest BCUT2D eigenvalue weighted by atomic mass is 16.5. The number of rotatable bonds is 7. The van der Waals surface area contributed by atoms with E-state index in [9.17, 15) is 0 Å². The van der Waals surface area contributed by atoms with Crippen molar-refractivity contribution in [2.24, 2.45) is 0 Å². The van der Waals surface area contributed by atoms with Gasteiger partial charge in [-0.05, 0) is 70.7 Å². The van der Waals surface area contributed by atoms with Gasteiger partial charge in [0.05, 0.1) is 6.10 Å². The topological polar surface area (TPSA) is 21.3 Å². The molecule has 2 nitrogen and oxygen atoms in total. The molecule has 0 spiro atoms. The van der Waals surface area contributed by atoms with Crippen LogP contribution in [0.2, 0.25) is 0 Å². The van der Waals surface area contributed by atoms with E-state index >= 15 is 0 Å². The van der Waals surface area contributed by atoms with E-state index in [-0.39, 0.29) is 11.6 Å². The molecule has 2 heteroatoms. The SMILES string of the molecule is CC(CCCNC(C)(C)C)Oc1cccc(C(C)C)c1. The molecule has 1 aromatic carbocycles. The second-order valence-corrected chi connectivity index (χ2v) is 6.97. The first-order valence-electron chi connectivity index (χ1n) is 7.79. The monoisotopic (exact) mass is 277 g/mol. The quantitative estimate of drug-likeness (QED) is 0.726. The minimum absolute atomic E-state index is 0.204. The Bertz CT molecular complexity index is 393. The Kier molecular flexibility index (Phi) is 6.54. The van der Waals surface area contributed by atoms with Gasteiger partial charge in [-0.25, -0.2) is 0 Å². The predicted octanol–water partition coefficient (Wildman–Crippen LogP) is 4.75. The first-order valence-corrected chi connectivity index (χ1v) is 7.79. The van der Waals surface area contributed by atoms with Gasteiger partial charge in [-0.15, -0.1) is 0 Å². The molecule has 0 fully saturated rings. The summed E-state index contributed by atoms with van der Waals surface area (Å²) in [7, 11) is 0. The fourth-order valence-corrected chi connectivity index (χ4v) is 2.09. The molecule has 20 heavy (non-hydrogen) atoms. The third kappa shape index (κ3) is 6.95. The van der Waals surface area contributed by atoms with Gasteiger partial charge in [-0.3, -0.25) is 0 Å². The third-order valence-corrected chi connectivity index (χ3v) is 3.30. The maximum atomic E-state index is 6.01. The Hall–Kier alpha value is -1.02. The highest BCUT2D eigenvalue weighted by molar-refractivity contribution is 5.30. The summed E-state index contributed by atoms with van der Waals surface area (Å²) in [6.07, 6.45) is 2.48. The lowest BCUT2D eigenvalue weighted by Gasteiger charge is -2.21. The van der Waals surface area contributed by atoms with Crippen molar-refractivity contribution in [1.29, 1.82) is 0 Å².